The number of thiophene rings is 1. The summed E-state index contributed by atoms with van der Waals surface area (Å²) in [5.41, 5.74) is 0.386. The summed E-state index contributed by atoms with van der Waals surface area (Å²) < 4.78 is 0.904. The number of para-hydroxylation sites is 1. The van der Waals surface area contributed by atoms with Crippen LogP contribution >= 0.6 is 27.3 Å². The number of H-pyrrole nitrogens is 1. The van der Waals surface area contributed by atoms with E-state index >= 15 is 0 Å². The summed E-state index contributed by atoms with van der Waals surface area (Å²) in [6.45, 7) is 0. The molecule has 0 unspecified atom stereocenters. The number of nitrogens with one attached hydrogen (secondary N) is 1. The summed E-state index contributed by atoms with van der Waals surface area (Å²) in [6, 6.07) is 10.7. The second-order valence-electron chi connectivity index (χ2n) is 4.23. The summed E-state index contributed by atoms with van der Waals surface area (Å²) in [7, 11) is 0. The molecule has 0 saturated carbocycles. The van der Waals surface area contributed by atoms with Crippen LogP contribution in [0.1, 0.15) is 15.5 Å². The van der Waals surface area contributed by atoms with E-state index in [1.807, 2.05) is 12.1 Å². The molecule has 4 nitrogen and oxygen atoms in total. The fourth-order valence-corrected chi connectivity index (χ4v) is 3.25. The minimum absolute atomic E-state index is 0.0564. The fraction of sp³-hybridized carbons (Fsp3) is 0.0714. The van der Waals surface area contributed by atoms with Gasteiger partial charge in [-0.15, -0.1) is 11.3 Å². The SMILES string of the molecule is O=C(Cc1nc2ccccc2c(=O)[nH]1)c1ccc(Br)s1. The Labute approximate surface area is 126 Å². The Morgan fingerprint density at radius 2 is 2.05 bits per heavy atom. The van der Waals surface area contributed by atoms with Crippen molar-refractivity contribution in [2.24, 2.45) is 0 Å². The lowest BCUT2D eigenvalue weighted by atomic mass is 10.2. The van der Waals surface area contributed by atoms with Crippen molar-refractivity contribution < 1.29 is 4.79 Å². The summed E-state index contributed by atoms with van der Waals surface area (Å²) in [5, 5.41) is 0.530. The highest BCUT2D eigenvalue weighted by Gasteiger charge is 2.12. The molecule has 3 aromatic rings. The Kier molecular flexibility index (Phi) is 3.50. The Bertz CT molecular complexity index is 854. The molecular weight excluding hydrogens is 340 g/mol. The molecule has 0 aliphatic rings. The number of carbonyl (C=O) groups excluding carboxylic acids is 1. The van der Waals surface area contributed by atoms with E-state index < -0.39 is 0 Å². The molecule has 0 bridgehead atoms. The van der Waals surface area contributed by atoms with Crippen molar-refractivity contribution in [2.45, 2.75) is 6.42 Å². The lowest BCUT2D eigenvalue weighted by Gasteiger charge is -2.01. The summed E-state index contributed by atoms with van der Waals surface area (Å²) in [4.78, 5) is 31.6. The molecule has 1 N–H and O–H groups in total. The van der Waals surface area contributed by atoms with Crippen molar-refractivity contribution in [1.29, 1.82) is 0 Å². The molecule has 0 aliphatic heterocycles. The van der Waals surface area contributed by atoms with Crippen LogP contribution in [0.2, 0.25) is 0 Å². The molecule has 0 spiro atoms. The summed E-state index contributed by atoms with van der Waals surface area (Å²) >= 11 is 4.69. The Morgan fingerprint density at radius 1 is 1.25 bits per heavy atom. The van der Waals surface area contributed by atoms with E-state index in [4.69, 9.17) is 0 Å². The highest BCUT2D eigenvalue weighted by Crippen LogP contribution is 2.23. The third-order valence-corrected chi connectivity index (χ3v) is 4.50. The number of nitrogens with zero attached hydrogens (tertiary/aromatic N) is 1. The van der Waals surface area contributed by atoms with Crippen LogP contribution in [0.5, 0.6) is 0 Å². The van der Waals surface area contributed by atoms with E-state index in [0.29, 0.717) is 21.6 Å². The molecule has 0 radical (unpaired) electrons. The molecule has 0 atom stereocenters. The normalized spacial score (nSPS) is 10.8. The number of hydrogen-bond donors (Lipinski definition) is 1. The first kappa shape index (κ1) is 13.2. The second kappa shape index (κ2) is 5.30. The zero-order valence-electron chi connectivity index (χ0n) is 10.2. The van der Waals surface area contributed by atoms with Gasteiger partial charge in [-0.25, -0.2) is 4.98 Å². The molecule has 3 rings (SSSR count). The number of hydrogen-bond acceptors (Lipinski definition) is 4. The van der Waals surface area contributed by atoms with Gasteiger partial charge in [-0.3, -0.25) is 9.59 Å². The lowest BCUT2D eigenvalue weighted by molar-refractivity contribution is 0.0994. The van der Waals surface area contributed by atoms with Crippen LogP contribution < -0.4 is 5.56 Å². The number of benzene rings is 1. The van der Waals surface area contributed by atoms with Crippen molar-refractivity contribution in [1.82, 2.24) is 9.97 Å². The first-order chi connectivity index (χ1) is 9.63. The van der Waals surface area contributed by atoms with Crippen molar-refractivity contribution >= 4 is 44.0 Å². The minimum atomic E-state index is -0.217. The van der Waals surface area contributed by atoms with Gasteiger partial charge in [0.25, 0.3) is 5.56 Å². The van der Waals surface area contributed by atoms with Crippen molar-refractivity contribution in [2.75, 3.05) is 0 Å². The van der Waals surface area contributed by atoms with E-state index in [1.54, 1.807) is 24.3 Å². The van der Waals surface area contributed by atoms with Gasteiger partial charge in [0, 0.05) is 0 Å². The van der Waals surface area contributed by atoms with Gasteiger partial charge in [-0.1, -0.05) is 12.1 Å². The summed E-state index contributed by atoms with van der Waals surface area (Å²) in [5.74, 6) is 0.336. The van der Waals surface area contributed by atoms with E-state index in [0.717, 1.165) is 3.79 Å². The average Bonchev–Trinajstić information content (AvgIpc) is 2.86. The molecule has 20 heavy (non-hydrogen) atoms. The molecule has 1 aromatic carbocycles. The molecular formula is C14H9BrN2O2S. The predicted octanol–water partition coefficient (Wildman–Crippen LogP) is 3.17. The third kappa shape index (κ3) is 2.57. The molecule has 6 heteroatoms. The standard InChI is InChI=1S/C14H9BrN2O2S/c15-12-6-5-11(20-12)10(18)7-13-16-9-4-2-1-3-8(9)14(19)17-13/h1-6H,7H2,(H,16,17,19). The van der Waals surface area contributed by atoms with Crippen LogP contribution in [0.15, 0.2) is 45.0 Å². The van der Waals surface area contributed by atoms with Gasteiger partial charge in [0.15, 0.2) is 5.78 Å². The average molecular weight is 349 g/mol. The van der Waals surface area contributed by atoms with Crippen LogP contribution in [0.25, 0.3) is 10.9 Å². The second-order valence-corrected chi connectivity index (χ2v) is 6.70. The monoisotopic (exact) mass is 348 g/mol. The van der Waals surface area contributed by atoms with Crippen LogP contribution in [0.3, 0.4) is 0 Å². The van der Waals surface area contributed by atoms with Gasteiger partial charge in [0.2, 0.25) is 0 Å². The molecule has 2 heterocycles. The van der Waals surface area contributed by atoms with E-state index in [-0.39, 0.29) is 17.8 Å². The van der Waals surface area contributed by atoms with Crippen molar-refractivity contribution in [3.8, 4) is 0 Å². The predicted molar refractivity (Wildman–Crippen MR) is 82.4 cm³/mol. The highest BCUT2D eigenvalue weighted by atomic mass is 79.9. The number of ketones is 1. The van der Waals surface area contributed by atoms with Gasteiger partial charge < -0.3 is 4.98 Å². The van der Waals surface area contributed by atoms with E-state index in [2.05, 4.69) is 25.9 Å². The molecule has 2 aromatic heterocycles. The Hall–Kier alpha value is -1.79. The number of rotatable bonds is 3. The smallest absolute Gasteiger partial charge is 0.258 e. The number of aromatic amines is 1. The fourth-order valence-electron chi connectivity index (χ4n) is 1.92. The number of halogens is 1. The van der Waals surface area contributed by atoms with E-state index in [9.17, 15) is 9.59 Å². The maximum Gasteiger partial charge on any atom is 0.258 e. The first-order valence-corrected chi connectivity index (χ1v) is 7.51. The number of aromatic nitrogens is 2. The molecule has 0 aliphatic carbocycles. The van der Waals surface area contributed by atoms with Gasteiger partial charge in [-0.2, -0.15) is 0 Å². The number of Topliss-reactive ketones (excluding diaryl/α,β-unsaturated/α-hetero) is 1. The molecule has 0 fully saturated rings. The quantitative estimate of drug-likeness (QED) is 0.739. The zero-order chi connectivity index (χ0) is 14.1. The molecule has 100 valence electrons. The summed E-state index contributed by atoms with van der Waals surface area (Å²) in [6.07, 6.45) is 0.0903. The number of fused-ring (bicyclic) bond motifs is 1. The lowest BCUT2D eigenvalue weighted by Crippen LogP contribution is -2.14. The van der Waals surface area contributed by atoms with Crippen LogP contribution in [0.4, 0.5) is 0 Å². The largest absolute Gasteiger partial charge is 0.310 e. The van der Waals surface area contributed by atoms with Crippen LogP contribution in [0, 0.1) is 0 Å². The van der Waals surface area contributed by atoms with Gasteiger partial charge in [-0.05, 0) is 40.2 Å². The maximum absolute atomic E-state index is 12.1. The van der Waals surface area contributed by atoms with Crippen LogP contribution in [-0.4, -0.2) is 15.8 Å². The highest BCUT2D eigenvalue weighted by molar-refractivity contribution is 9.11. The van der Waals surface area contributed by atoms with Gasteiger partial charge in [0.1, 0.15) is 5.82 Å². The molecule has 0 saturated heterocycles. The van der Waals surface area contributed by atoms with Gasteiger partial charge in [0.05, 0.1) is 26.0 Å². The maximum atomic E-state index is 12.1. The van der Waals surface area contributed by atoms with E-state index in [1.165, 1.54) is 11.3 Å². The van der Waals surface area contributed by atoms with Crippen molar-refractivity contribution in [3.63, 3.8) is 0 Å². The molecule has 0 amide bonds. The first-order valence-electron chi connectivity index (χ1n) is 5.90. The van der Waals surface area contributed by atoms with Crippen LogP contribution in [-0.2, 0) is 6.42 Å². The Morgan fingerprint density at radius 3 is 2.80 bits per heavy atom. The Balaban J connectivity index is 1.95. The van der Waals surface area contributed by atoms with Gasteiger partial charge >= 0.3 is 0 Å². The number of carbonyl (C=O) groups is 1. The third-order valence-electron chi connectivity index (χ3n) is 2.84. The zero-order valence-corrected chi connectivity index (χ0v) is 12.6. The topological polar surface area (TPSA) is 62.8 Å². The van der Waals surface area contributed by atoms with Crippen molar-refractivity contribution in [3.05, 3.63) is 61.2 Å². The minimum Gasteiger partial charge on any atom is -0.310 e.